The first-order chi connectivity index (χ1) is 14.2. The molecule has 2 aromatic carbocycles. The van der Waals surface area contributed by atoms with Crippen LogP contribution in [0.3, 0.4) is 0 Å². The molecule has 0 bridgehead atoms. The molecule has 5 rings (SSSR count). The lowest BCUT2D eigenvalue weighted by Gasteiger charge is -2.19. The Kier molecular flexibility index (Phi) is 4.17. The van der Waals surface area contributed by atoms with Crippen molar-refractivity contribution in [3.63, 3.8) is 0 Å². The van der Waals surface area contributed by atoms with Gasteiger partial charge < -0.3 is 4.74 Å². The maximum atomic E-state index is 11.1. The number of rotatable bonds is 3. The zero-order valence-corrected chi connectivity index (χ0v) is 15.8. The van der Waals surface area contributed by atoms with Crippen molar-refractivity contribution in [2.24, 2.45) is 4.99 Å². The van der Waals surface area contributed by atoms with E-state index in [1.165, 1.54) is 12.5 Å². The second-order valence-corrected chi connectivity index (χ2v) is 6.98. The second kappa shape index (κ2) is 6.98. The maximum absolute atomic E-state index is 11.1. The smallest absolute Gasteiger partial charge is 0.308 e. The first-order valence-corrected chi connectivity index (χ1v) is 9.44. The van der Waals surface area contributed by atoms with E-state index in [-0.39, 0.29) is 11.9 Å². The monoisotopic (exact) mass is 382 g/mol. The Morgan fingerprint density at radius 2 is 1.86 bits per heavy atom. The van der Waals surface area contributed by atoms with Crippen molar-refractivity contribution in [2.75, 3.05) is 0 Å². The first kappa shape index (κ1) is 17.3. The summed E-state index contributed by atoms with van der Waals surface area (Å²) in [6.07, 6.45) is 4.76. The van der Waals surface area contributed by atoms with E-state index in [0.717, 1.165) is 34.7 Å². The van der Waals surface area contributed by atoms with Gasteiger partial charge >= 0.3 is 5.97 Å². The molecule has 4 aromatic rings. The fourth-order valence-corrected chi connectivity index (χ4v) is 3.74. The second-order valence-electron chi connectivity index (χ2n) is 6.98. The number of pyridine rings is 1. The molecular weight excluding hydrogens is 364 g/mol. The molecule has 1 aliphatic heterocycles. The van der Waals surface area contributed by atoms with E-state index in [1.54, 1.807) is 12.1 Å². The van der Waals surface area contributed by atoms with Crippen LogP contribution in [0.2, 0.25) is 0 Å². The molecule has 0 spiro atoms. The lowest BCUT2D eigenvalue weighted by molar-refractivity contribution is -0.131. The molecular formula is C23H18N4O2. The molecule has 29 heavy (non-hydrogen) atoms. The van der Waals surface area contributed by atoms with E-state index in [2.05, 4.69) is 21.3 Å². The van der Waals surface area contributed by atoms with Crippen LogP contribution in [0, 0.1) is 0 Å². The number of benzene rings is 2. The number of carbonyl (C=O) groups is 1. The number of nitrogens with zero attached hydrogens (tertiary/aromatic N) is 4. The average molecular weight is 382 g/mol. The van der Waals surface area contributed by atoms with Crippen molar-refractivity contribution in [1.82, 2.24) is 14.6 Å². The summed E-state index contributed by atoms with van der Waals surface area (Å²) < 4.78 is 7.14. The summed E-state index contributed by atoms with van der Waals surface area (Å²) in [5, 5.41) is 8.90. The molecule has 1 atom stereocenters. The molecule has 6 heteroatoms. The highest BCUT2D eigenvalue weighted by molar-refractivity contribution is 5.73. The Balaban J connectivity index is 1.49. The van der Waals surface area contributed by atoms with Crippen LogP contribution in [0.5, 0.6) is 5.75 Å². The molecule has 6 nitrogen and oxygen atoms in total. The minimum Gasteiger partial charge on any atom is -0.427 e. The molecule has 1 unspecified atom stereocenters. The Morgan fingerprint density at radius 3 is 2.69 bits per heavy atom. The van der Waals surface area contributed by atoms with E-state index in [4.69, 9.17) is 4.74 Å². The summed E-state index contributed by atoms with van der Waals surface area (Å²) in [7, 11) is 0. The van der Waals surface area contributed by atoms with Gasteiger partial charge in [0.25, 0.3) is 0 Å². The Bertz CT molecular complexity index is 1240. The van der Waals surface area contributed by atoms with Crippen LogP contribution in [0.25, 0.3) is 16.8 Å². The fraction of sp³-hybridized carbons (Fsp3) is 0.130. The molecule has 0 radical (unpaired) electrons. The number of aliphatic imine (C=N–C) groups is 1. The number of carbonyl (C=O) groups excluding carboxylic acids is 1. The summed E-state index contributed by atoms with van der Waals surface area (Å²) in [5.74, 6) is 1.25. The van der Waals surface area contributed by atoms with Crippen LogP contribution in [0.1, 0.15) is 30.7 Å². The summed E-state index contributed by atoms with van der Waals surface area (Å²) in [5.41, 5.74) is 5.00. The summed E-state index contributed by atoms with van der Waals surface area (Å²) in [4.78, 5) is 15.6. The van der Waals surface area contributed by atoms with Gasteiger partial charge in [0.15, 0.2) is 5.65 Å². The van der Waals surface area contributed by atoms with E-state index < -0.39 is 0 Å². The predicted molar refractivity (Wildman–Crippen MR) is 111 cm³/mol. The zero-order valence-electron chi connectivity index (χ0n) is 15.8. The van der Waals surface area contributed by atoms with Crippen molar-refractivity contribution in [3.8, 4) is 16.9 Å². The largest absolute Gasteiger partial charge is 0.427 e. The Hall–Kier alpha value is -3.80. The van der Waals surface area contributed by atoms with Gasteiger partial charge in [-0.3, -0.25) is 14.2 Å². The normalized spacial score (nSPS) is 15.3. The quantitative estimate of drug-likeness (QED) is 0.385. The molecule has 3 heterocycles. The van der Waals surface area contributed by atoms with Crippen LogP contribution in [-0.4, -0.2) is 26.8 Å². The van der Waals surface area contributed by atoms with Gasteiger partial charge in [-0.1, -0.05) is 30.3 Å². The number of hydrogen-bond donors (Lipinski definition) is 0. The summed E-state index contributed by atoms with van der Waals surface area (Å²) >= 11 is 0. The molecule has 1 aliphatic rings. The van der Waals surface area contributed by atoms with Crippen LogP contribution >= 0.6 is 0 Å². The van der Waals surface area contributed by atoms with Gasteiger partial charge in [0.1, 0.15) is 11.6 Å². The topological polar surface area (TPSA) is 68.8 Å². The number of fused-ring (bicyclic) bond motifs is 2. The van der Waals surface area contributed by atoms with E-state index in [1.807, 2.05) is 59.3 Å². The van der Waals surface area contributed by atoms with Gasteiger partial charge in [0.05, 0.1) is 11.6 Å². The van der Waals surface area contributed by atoms with Gasteiger partial charge in [-0.05, 0) is 53.4 Å². The number of esters is 1. The molecule has 0 fully saturated rings. The van der Waals surface area contributed by atoms with E-state index in [0.29, 0.717) is 5.75 Å². The third-order valence-electron chi connectivity index (χ3n) is 5.08. The minimum atomic E-state index is -0.329. The summed E-state index contributed by atoms with van der Waals surface area (Å²) in [6.45, 7) is 1.39. The average Bonchev–Trinajstić information content (AvgIpc) is 3.16. The number of para-hydroxylation sites is 1. The fourth-order valence-electron chi connectivity index (χ4n) is 3.74. The SMILES string of the molecule is CC(=O)Oc1ccc(-c2ccn3c(C4CC=Nc5ccccc54)nnc3c2)cc1. The van der Waals surface area contributed by atoms with Crippen LogP contribution in [0.15, 0.2) is 71.9 Å². The molecule has 2 aromatic heterocycles. The van der Waals surface area contributed by atoms with Crippen molar-refractivity contribution in [1.29, 1.82) is 0 Å². The minimum absolute atomic E-state index is 0.132. The van der Waals surface area contributed by atoms with Gasteiger partial charge in [-0.2, -0.15) is 0 Å². The van der Waals surface area contributed by atoms with Gasteiger partial charge in [0, 0.05) is 19.3 Å². The highest BCUT2D eigenvalue weighted by Gasteiger charge is 2.24. The first-order valence-electron chi connectivity index (χ1n) is 9.44. The Labute approximate surface area is 167 Å². The molecule has 142 valence electrons. The van der Waals surface area contributed by atoms with Crippen LogP contribution < -0.4 is 4.74 Å². The van der Waals surface area contributed by atoms with E-state index in [9.17, 15) is 4.79 Å². The zero-order chi connectivity index (χ0) is 19.8. The van der Waals surface area contributed by atoms with Crippen LogP contribution in [0.4, 0.5) is 5.69 Å². The van der Waals surface area contributed by atoms with Crippen molar-refractivity contribution in [2.45, 2.75) is 19.3 Å². The van der Waals surface area contributed by atoms with Crippen molar-refractivity contribution in [3.05, 3.63) is 78.2 Å². The Morgan fingerprint density at radius 1 is 1.03 bits per heavy atom. The lowest BCUT2D eigenvalue weighted by Crippen LogP contribution is -2.10. The maximum Gasteiger partial charge on any atom is 0.308 e. The highest BCUT2D eigenvalue weighted by atomic mass is 16.5. The molecule has 0 N–H and O–H groups in total. The third kappa shape index (κ3) is 3.18. The number of hydrogen-bond acceptors (Lipinski definition) is 5. The van der Waals surface area contributed by atoms with E-state index >= 15 is 0 Å². The van der Waals surface area contributed by atoms with Crippen molar-refractivity contribution >= 4 is 23.5 Å². The molecule has 0 saturated carbocycles. The summed E-state index contributed by atoms with van der Waals surface area (Å²) in [6, 6.07) is 19.7. The number of ether oxygens (including phenoxy) is 1. The van der Waals surface area contributed by atoms with Gasteiger partial charge in [-0.15, -0.1) is 10.2 Å². The standard InChI is InChI=1S/C23H18N4O2/c1-15(28)29-18-8-6-16(7-9-18)17-11-13-27-22(14-17)25-26-23(27)20-10-12-24-21-5-3-2-4-19(20)21/h2-9,11-14,20H,10H2,1H3. The highest BCUT2D eigenvalue weighted by Crippen LogP contribution is 2.36. The lowest BCUT2D eigenvalue weighted by atomic mass is 9.92. The third-order valence-corrected chi connectivity index (χ3v) is 5.08. The van der Waals surface area contributed by atoms with Crippen molar-refractivity contribution < 1.29 is 9.53 Å². The molecule has 0 saturated heterocycles. The molecule has 0 amide bonds. The van der Waals surface area contributed by atoms with Crippen LogP contribution in [-0.2, 0) is 4.79 Å². The van der Waals surface area contributed by atoms with Gasteiger partial charge in [-0.25, -0.2) is 0 Å². The molecule has 0 aliphatic carbocycles. The van der Waals surface area contributed by atoms with Gasteiger partial charge in [0.2, 0.25) is 0 Å². The number of aromatic nitrogens is 3. The predicted octanol–water partition coefficient (Wildman–Crippen LogP) is 4.56.